The summed E-state index contributed by atoms with van der Waals surface area (Å²) in [4.78, 5) is 5.62. The summed E-state index contributed by atoms with van der Waals surface area (Å²) >= 11 is 1.77. The molecule has 0 aliphatic carbocycles. The highest BCUT2D eigenvalue weighted by molar-refractivity contribution is 7.11. The predicted molar refractivity (Wildman–Crippen MR) is 70.2 cm³/mol. The van der Waals surface area contributed by atoms with E-state index in [1.54, 1.807) is 11.3 Å². The number of hydrogen-bond acceptors (Lipinski definition) is 4. The molecule has 0 aliphatic heterocycles. The van der Waals surface area contributed by atoms with Gasteiger partial charge in [-0.05, 0) is 32.9 Å². The lowest BCUT2D eigenvalue weighted by Crippen LogP contribution is -2.16. The van der Waals surface area contributed by atoms with E-state index in [9.17, 15) is 0 Å². The van der Waals surface area contributed by atoms with Gasteiger partial charge in [-0.15, -0.1) is 11.3 Å². The Morgan fingerprint density at radius 1 is 1.53 bits per heavy atom. The molecule has 2 aromatic rings. The molecule has 2 rings (SSSR count). The molecule has 2 heterocycles. The molecular formula is C12H18N4S. The average Bonchev–Trinajstić information content (AvgIpc) is 2.90. The van der Waals surface area contributed by atoms with Crippen molar-refractivity contribution in [3.63, 3.8) is 0 Å². The van der Waals surface area contributed by atoms with Gasteiger partial charge >= 0.3 is 0 Å². The largest absolute Gasteiger partial charge is 0.312 e. The van der Waals surface area contributed by atoms with Crippen LogP contribution in [0.1, 0.15) is 28.0 Å². The van der Waals surface area contributed by atoms with Crippen LogP contribution in [0.4, 0.5) is 0 Å². The third-order valence-electron chi connectivity index (χ3n) is 2.94. The number of thiazole rings is 1. The average molecular weight is 250 g/mol. The molecule has 1 N–H and O–H groups in total. The molecule has 0 saturated carbocycles. The highest BCUT2D eigenvalue weighted by Crippen LogP contribution is 2.24. The minimum absolute atomic E-state index is 0.385. The van der Waals surface area contributed by atoms with Crippen LogP contribution in [0, 0.1) is 6.92 Å². The molecule has 0 aromatic carbocycles. The fourth-order valence-electron chi connectivity index (χ4n) is 1.91. The van der Waals surface area contributed by atoms with E-state index >= 15 is 0 Å². The molecule has 1 unspecified atom stereocenters. The standard InChI is InChI=1S/C12H18N4S/c1-9-14-8-12(17-9)11(13-2)5-4-10-6-7-15-16(10)3/h6-8,11,13H,4-5H2,1-3H3. The van der Waals surface area contributed by atoms with Gasteiger partial charge < -0.3 is 5.32 Å². The van der Waals surface area contributed by atoms with Gasteiger partial charge in [0, 0.05) is 36.1 Å². The fraction of sp³-hybridized carbons (Fsp3) is 0.500. The minimum atomic E-state index is 0.385. The highest BCUT2D eigenvalue weighted by Gasteiger charge is 2.12. The van der Waals surface area contributed by atoms with E-state index in [1.165, 1.54) is 10.6 Å². The van der Waals surface area contributed by atoms with Crippen LogP contribution in [0.25, 0.3) is 0 Å². The van der Waals surface area contributed by atoms with Crippen LogP contribution in [0.2, 0.25) is 0 Å². The first-order chi connectivity index (χ1) is 8.20. The van der Waals surface area contributed by atoms with Crippen molar-refractivity contribution in [3.8, 4) is 0 Å². The van der Waals surface area contributed by atoms with E-state index < -0.39 is 0 Å². The molecule has 4 nitrogen and oxygen atoms in total. The third-order valence-corrected chi connectivity index (χ3v) is 3.97. The van der Waals surface area contributed by atoms with E-state index in [2.05, 4.69) is 21.5 Å². The summed E-state index contributed by atoms with van der Waals surface area (Å²) in [5.74, 6) is 0. The normalized spacial score (nSPS) is 12.9. The van der Waals surface area contributed by atoms with E-state index in [1.807, 2.05) is 38.1 Å². The molecule has 5 heteroatoms. The van der Waals surface area contributed by atoms with Crippen molar-refractivity contribution >= 4 is 11.3 Å². The summed E-state index contributed by atoms with van der Waals surface area (Å²) in [6, 6.07) is 2.46. The molecule has 0 spiro atoms. The maximum Gasteiger partial charge on any atom is 0.0897 e. The number of rotatable bonds is 5. The molecule has 0 fully saturated rings. The number of hydrogen-bond donors (Lipinski definition) is 1. The molecule has 17 heavy (non-hydrogen) atoms. The zero-order chi connectivity index (χ0) is 12.3. The van der Waals surface area contributed by atoms with Gasteiger partial charge in [-0.3, -0.25) is 4.68 Å². The SMILES string of the molecule is CNC(CCc1ccnn1C)c1cnc(C)s1. The lowest BCUT2D eigenvalue weighted by molar-refractivity contribution is 0.542. The zero-order valence-electron chi connectivity index (χ0n) is 10.5. The predicted octanol–water partition coefficient (Wildman–Crippen LogP) is 2.08. The lowest BCUT2D eigenvalue weighted by Gasteiger charge is -2.13. The Balaban J connectivity index is 1.99. The van der Waals surface area contributed by atoms with Crippen LogP contribution in [0.5, 0.6) is 0 Å². The molecule has 2 aromatic heterocycles. The number of nitrogens with zero attached hydrogens (tertiary/aromatic N) is 3. The number of aryl methyl sites for hydroxylation is 3. The maximum atomic E-state index is 4.31. The van der Waals surface area contributed by atoms with Gasteiger partial charge in [0.1, 0.15) is 0 Å². The molecule has 0 radical (unpaired) electrons. The maximum absolute atomic E-state index is 4.31. The second kappa shape index (κ2) is 5.42. The Kier molecular flexibility index (Phi) is 3.91. The van der Waals surface area contributed by atoms with Crippen LogP contribution >= 0.6 is 11.3 Å². The minimum Gasteiger partial charge on any atom is -0.312 e. The van der Waals surface area contributed by atoms with E-state index in [-0.39, 0.29) is 0 Å². The highest BCUT2D eigenvalue weighted by atomic mass is 32.1. The van der Waals surface area contributed by atoms with Gasteiger partial charge in [-0.25, -0.2) is 4.98 Å². The van der Waals surface area contributed by atoms with Crippen LogP contribution < -0.4 is 5.32 Å². The van der Waals surface area contributed by atoms with Crippen LogP contribution in [0.15, 0.2) is 18.5 Å². The Morgan fingerprint density at radius 3 is 2.88 bits per heavy atom. The zero-order valence-corrected chi connectivity index (χ0v) is 11.3. The molecular weight excluding hydrogens is 232 g/mol. The van der Waals surface area contributed by atoms with Gasteiger partial charge in [0.2, 0.25) is 0 Å². The third kappa shape index (κ3) is 2.92. The summed E-state index contributed by atoms with van der Waals surface area (Å²) in [6.07, 6.45) is 5.92. The van der Waals surface area contributed by atoms with Crippen LogP contribution in [-0.4, -0.2) is 21.8 Å². The summed E-state index contributed by atoms with van der Waals surface area (Å²) in [5.41, 5.74) is 1.27. The van der Waals surface area contributed by atoms with Gasteiger partial charge in [-0.2, -0.15) is 5.10 Å². The molecule has 0 aliphatic rings. The number of aromatic nitrogens is 3. The van der Waals surface area contributed by atoms with E-state index in [4.69, 9.17) is 0 Å². The topological polar surface area (TPSA) is 42.7 Å². The summed E-state index contributed by atoms with van der Waals surface area (Å²) in [6.45, 7) is 2.04. The van der Waals surface area contributed by atoms with Gasteiger partial charge in [0.15, 0.2) is 0 Å². The first-order valence-electron chi connectivity index (χ1n) is 5.77. The molecule has 0 bridgehead atoms. The first kappa shape index (κ1) is 12.3. The Hall–Kier alpha value is -1.20. The molecule has 0 amide bonds. The van der Waals surface area contributed by atoms with Gasteiger partial charge in [0.25, 0.3) is 0 Å². The Labute approximate surface area is 106 Å². The molecule has 1 atom stereocenters. The van der Waals surface area contributed by atoms with Crippen LogP contribution in [0.3, 0.4) is 0 Å². The van der Waals surface area contributed by atoms with E-state index in [0.717, 1.165) is 17.8 Å². The Morgan fingerprint density at radius 2 is 2.35 bits per heavy atom. The van der Waals surface area contributed by atoms with Crippen molar-refractivity contribution in [3.05, 3.63) is 34.0 Å². The fourth-order valence-corrected chi connectivity index (χ4v) is 2.84. The molecule has 0 saturated heterocycles. The van der Waals surface area contributed by atoms with Crippen LogP contribution in [-0.2, 0) is 13.5 Å². The molecule has 92 valence electrons. The Bertz CT molecular complexity index is 474. The van der Waals surface area contributed by atoms with Crippen molar-refractivity contribution in [1.82, 2.24) is 20.1 Å². The first-order valence-corrected chi connectivity index (χ1v) is 6.59. The van der Waals surface area contributed by atoms with Gasteiger partial charge in [0.05, 0.1) is 5.01 Å². The smallest absolute Gasteiger partial charge is 0.0897 e. The summed E-state index contributed by atoms with van der Waals surface area (Å²) in [5, 5.41) is 8.66. The van der Waals surface area contributed by atoms with Crippen molar-refractivity contribution in [1.29, 1.82) is 0 Å². The second-order valence-electron chi connectivity index (χ2n) is 4.11. The monoisotopic (exact) mass is 250 g/mol. The lowest BCUT2D eigenvalue weighted by atomic mass is 10.1. The van der Waals surface area contributed by atoms with E-state index in [0.29, 0.717) is 6.04 Å². The quantitative estimate of drug-likeness (QED) is 0.883. The van der Waals surface area contributed by atoms with Crippen molar-refractivity contribution in [2.45, 2.75) is 25.8 Å². The van der Waals surface area contributed by atoms with Gasteiger partial charge in [-0.1, -0.05) is 0 Å². The number of nitrogens with one attached hydrogen (secondary N) is 1. The summed E-state index contributed by atoms with van der Waals surface area (Å²) < 4.78 is 1.94. The van der Waals surface area contributed by atoms with Crippen molar-refractivity contribution in [2.24, 2.45) is 7.05 Å². The summed E-state index contributed by atoms with van der Waals surface area (Å²) in [7, 11) is 3.99. The van der Waals surface area contributed by atoms with Crippen molar-refractivity contribution in [2.75, 3.05) is 7.05 Å². The second-order valence-corrected chi connectivity index (χ2v) is 5.37. The van der Waals surface area contributed by atoms with Crippen molar-refractivity contribution < 1.29 is 0 Å².